The highest BCUT2D eigenvalue weighted by atomic mass is 16.7. The van der Waals surface area contributed by atoms with Crippen molar-refractivity contribution in [3.8, 4) is 11.5 Å². The van der Waals surface area contributed by atoms with Crippen LogP contribution in [-0.4, -0.2) is 25.4 Å². The van der Waals surface area contributed by atoms with E-state index in [0.29, 0.717) is 35.8 Å². The predicted octanol–water partition coefficient (Wildman–Crippen LogP) is 3.35. The standard InChI is InChI=1S/C18H17NO4/c1-12-4-3-5-13(10-12)18(20)23-19-16-8-9-22-17-11-14(21-2)6-7-15(16)17/h3-7,10-11H,8-9H2,1-2H3/b19-16+. The van der Waals surface area contributed by atoms with Crippen LogP contribution in [0.25, 0.3) is 0 Å². The van der Waals surface area contributed by atoms with Gasteiger partial charge in [0.1, 0.15) is 11.5 Å². The van der Waals surface area contributed by atoms with Gasteiger partial charge in [0.25, 0.3) is 0 Å². The number of methoxy groups -OCH3 is 1. The first-order chi connectivity index (χ1) is 11.2. The molecule has 0 atom stereocenters. The maximum Gasteiger partial charge on any atom is 0.365 e. The molecule has 1 aliphatic rings. The SMILES string of the molecule is COc1ccc2c(c1)OCC/C2=N\OC(=O)c1cccc(C)c1. The highest BCUT2D eigenvalue weighted by Gasteiger charge is 2.19. The largest absolute Gasteiger partial charge is 0.497 e. The van der Waals surface area contributed by atoms with Crippen molar-refractivity contribution < 1.29 is 19.1 Å². The lowest BCUT2D eigenvalue weighted by atomic mass is 10.0. The van der Waals surface area contributed by atoms with Crippen LogP contribution in [0.1, 0.15) is 27.9 Å². The van der Waals surface area contributed by atoms with E-state index in [0.717, 1.165) is 11.1 Å². The molecular weight excluding hydrogens is 294 g/mol. The maximum absolute atomic E-state index is 12.1. The van der Waals surface area contributed by atoms with Crippen LogP contribution in [0.5, 0.6) is 11.5 Å². The van der Waals surface area contributed by atoms with Crippen LogP contribution in [0, 0.1) is 6.92 Å². The molecule has 23 heavy (non-hydrogen) atoms. The van der Waals surface area contributed by atoms with E-state index in [2.05, 4.69) is 5.16 Å². The lowest BCUT2D eigenvalue weighted by molar-refractivity contribution is 0.0514. The number of rotatable bonds is 3. The average Bonchev–Trinajstić information content (AvgIpc) is 2.59. The lowest BCUT2D eigenvalue weighted by Crippen LogP contribution is -2.17. The summed E-state index contributed by atoms with van der Waals surface area (Å²) in [4.78, 5) is 17.2. The molecule has 0 bridgehead atoms. The van der Waals surface area contributed by atoms with Crippen molar-refractivity contribution in [3.05, 3.63) is 59.2 Å². The molecular formula is C18H17NO4. The number of hydrogen-bond acceptors (Lipinski definition) is 5. The molecule has 3 rings (SSSR count). The van der Waals surface area contributed by atoms with E-state index in [1.807, 2.05) is 31.2 Å². The number of benzene rings is 2. The highest BCUT2D eigenvalue weighted by molar-refractivity contribution is 6.04. The second-order valence-electron chi connectivity index (χ2n) is 5.25. The second-order valence-corrected chi connectivity index (χ2v) is 5.25. The van der Waals surface area contributed by atoms with E-state index in [-0.39, 0.29) is 0 Å². The van der Waals surface area contributed by atoms with Gasteiger partial charge >= 0.3 is 5.97 Å². The third-order valence-corrected chi connectivity index (χ3v) is 3.59. The minimum atomic E-state index is -0.470. The zero-order chi connectivity index (χ0) is 16.2. The zero-order valence-electron chi connectivity index (χ0n) is 13.0. The van der Waals surface area contributed by atoms with Crippen LogP contribution < -0.4 is 9.47 Å². The molecule has 0 spiro atoms. The van der Waals surface area contributed by atoms with E-state index < -0.39 is 5.97 Å². The second kappa shape index (κ2) is 6.52. The number of fused-ring (bicyclic) bond motifs is 1. The lowest BCUT2D eigenvalue weighted by Gasteiger charge is -2.19. The quantitative estimate of drug-likeness (QED) is 0.644. The van der Waals surface area contributed by atoms with Crippen LogP contribution in [0.3, 0.4) is 0 Å². The topological polar surface area (TPSA) is 57.1 Å². The smallest absolute Gasteiger partial charge is 0.365 e. The number of nitrogens with zero attached hydrogens (tertiary/aromatic N) is 1. The molecule has 0 amide bonds. The van der Waals surface area contributed by atoms with E-state index in [1.165, 1.54) is 0 Å². The van der Waals surface area contributed by atoms with Crippen LogP contribution in [0.2, 0.25) is 0 Å². The molecule has 5 nitrogen and oxygen atoms in total. The molecule has 1 aliphatic heterocycles. The minimum Gasteiger partial charge on any atom is -0.497 e. The summed E-state index contributed by atoms with van der Waals surface area (Å²) in [5.74, 6) is 0.922. The van der Waals surface area contributed by atoms with Crippen molar-refractivity contribution in [1.82, 2.24) is 0 Å². The summed E-state index contributed by atoms with van der Waals surface area (Å²) in [5.41, 5.74) is 2.98. The molecule has 0 radical (unpaired) electrons. The van der Waals surface area contributed by atoms with E-state index in [4.69, 9.17) is 14.3 Å². The number of hydrogen-bond donors (Lipinski definition) is 0. The molecule has 1 heterocycles. The molecule has 0 unspecified atom stereocenters. The van der Waals surface area contributed by atoms with Gasteiger partial charge in [0.2, 0.25) is 0 Å². The monoisotopic (exact) mass is 311 g/mol. The van der Waals surface area contributed by atoms with Crippen LogP contribution >= 0.6 is 0 Å². The summed E-state index contributed by atoms with van der Waals surface area (Å²) >= 11 is 0. The highest BCUT2D eigenvalue weighted by Crippen LogP contribution is 2.29. The Balaban J connectivity index is 1.80. The van der Waals surface area contributed by atoms with Gasteiger partial charge in [0.05, 0.1) is 25.0 Å². The van der Waals surface area contributed by atoms with Gasteiger partial charge in [-0.15, -0.1) is 0 Å². The summed E-state index contributed by atoms with van der Waals surface area (Å²) in [6.45, 7) is 2.41. The Hall–Kier alpha value is -2.82. The van der Waals surface area contributed by atoms with Gasteiger partial charge in [-0.05, 0) is 31.2 Å². The van der Waals surface area contributed by atoms with Crippen molar-refractivity contribution in [3.63, 3.8) is 0 Å². The molecule has 0 aromatic heterocycles. The first kappa shape index (κ1) is 15.1. The number of carbonyl (C=O) groups is 1. The van der Waals surface area contributed by atoms with Crippen molar-refractivity contribution in [2.24, 2.45) is 5.16 Å². The minimum absolute atomic E-state index is 0.470. The van der Waals surface area contributed by atoms with Gasteiger partial charge in [-0.1, -0.05) is 22.9 Å². The van der Waals surface area contributed by atoms with Gasteiger partial charge in [-0.25, -0.2) is 4.79 Å². The number of carbonyl (C=O) groups excluding carboxylic acids is 1. The fraction of sp³-hybridized carbons (Fsp3) is 0.222. The van der Waals surface area contributed by atoms with Crippen LogP contribution in [-0.2, 0) is 4.84 Å². The first-order valence-corrected chi connectivity index (χ1v) is 7.33. The fourth-order valence-electron chi connectivity index (χ4n) is 2.40. The molecule has 2 aromatic rings. The van der Waals surface area contributed by atoms with Crippen molar-refractivity contribution in [1.29, 1.82) is 0 Å². The Labute approximate surface area is 134 Å². The molecule has 0 N–H and O–H groups in total. The zero-order valence-corrected chi connectivity index (χ0v) is 13.0. The fourth-order valence-corrected chi connectivity index (χ4v) is 2.40. The Kier molecular flexibility index (Phi) is 4.28. The van der Waals surface area contributed by atoms with Gasteiger partial charge in [-0.2, -0.15) is 0 Å². The molecule has 0 saturated carbocycles. The van der Waals surface area contributed by atoms with E-state index in [1.54, 1.807) is 25.3 Å². The predicted molar refractivity (Wildman–Crippen MR) is 86.2 cm³/mol. The van der Waals surface area contributed by atoms with Gasteiger partial charge in [0.15, 0.2) is 0 Å². The molecule has 2 aromatic carbocycles. The molecule has 5 heteroatoms. The van der Waals surface area contributed by atoms with Crippen molar-refractivity contribution in [2.45, 2.75) is 13.3 Å². The summed E-state index contributed by atoms with van der Waals surface area (Å²) < 4.78 is 10.8. The number of aryl methyl sites for hydroxylation is 1. The first-order valence-electron chi connectivity index (χ1n) is 7.33. The summed E-state index contributed by atoms with van der Waals surface area (Å²) in [7, 11) is 1.60. The van der Waals surface area contributed by atoms with E-state index in [9.17, 15) is 4.79 Å². The average molecular weight is 311 g/mol. The third-order valence-electron chi connectivity index (χ3n) is 3.59. The molecule has 0 fully saturated rings. The van der Waals surface area contributed by atoms with Crippen LogP contribution in [0.4, 0.5) is 0 Å². The Morgan fingerprint density at radius 2 is 2.09 bits per heavy atom. The molecule has 118 valence electrons. The van der Waals surface area contributed by atoms with Gasteiger partial charge in [-0.3, -0.25) is 0 Å². The number of ether oxygens (including phenoxy) is 2. The number of oxime groups is 1. The summed E-state index contributed by atoms with van der Waals surface area (Å²) in [6.07, 6.45) is 0.584. The van der Waals surface area contributed by atoms with Crippen molar-refractivity contribution in [2.75, 3.05) is 13.7 Å². The molecule has 0 saturated heterocycles. The Morgan fingerprint density at radius 3 is 2.87 bits per heavy atom. The van der Waals surface area contributed by atoms with E-state index >= 15 is 0 Å². The molecule has 0 aliphatic carbocycles. The van der Waals surface area contributed by atoms with Gasteiger partial charge in [0, 0.05) is 18.1 Å². The van der Waals surface area contributed by atoms with Crippen molar-refractivity contribution >= 4 is 11.7 Å². The normalized spacial score (nSPS) is 14.8. The maximum atomic E-state index is 12.1. The summed E-state index contributed by atoms with van der Waals surface area (Å²) in [6, 6.07) is 12.7. The Bertz CT molecular complexity index is 767. The summed E-state index contributed by atoms with van der Waals surface area (Å²) in [5, 5.41) is 4.03. The Morgan fingerprint density at radius 1 is 1.22 bits per heavy atom. The van der Waals surface area contributed by atoms with Gasteiger partial charge < -0.3 is 14.3 Å². The third kappa shape index (κ3) is 3.34. The van der Waals surface area contributed by atoms with Crippen LogP contribution in [0.15, 0.2) is 47.6 Å².